The number of benzene rings is 1. The Morgan fingerprint density at radius 1 is 1.27 bits per heavy atom. The number of hydrogen-bond donors (Lipinski definition) is 1. The molecule has 3 aromatic rings. The SMILES string of the molecule is Cc1nn(-c2ccc(F)cc2)c(C)c1CN1CCC[C@@H](CNC(=O)c2cccs2)C1. The molecular formula is C23H27FN4OS. The molecule has 3 heterocycles. The van der Waals surface area contributed by atoms with E-state index in [1.54, 1.807) is 12.1 Å². The number of carbonyl (C=O) groups excluding carboxylic acids is 1. The fourth-order valence-corrected chi connectivity index (χ4v) is 4.79. The van der Waals surface area contributed by atoms with Gasteiger partial charge in [0.15, 0.2) is 0 Å². The van der Waals surface area contributed by atoms with Crippen LogP contribution in [0.1, 0.15) is 39.5 Å². The standard InChI is InChI=1S/C23H27FN4OS/c1-16-21(17(2)28(26-16)20-9-7-19(24)8-10-20)15-27-11-3-5-18(14-27)13-25-23(29)22-6-4-12-30-22/h4,6-10,12,18H,3,5,11,13-15H2,1-2H3,(H,25,29)/t18-/m0/s1. The summed E-state index contributed by atoms with van der Waals surface area (Å²) < 4.78 is 15.2. The molecule has 1 aliphatic heterocycles. The third kappa shape index (κ3) is 4.63. The monoisotopic (exact) mass is 426 g/mol. The lowest BCUT2D eigenvalue weighted by Gasteiger charge is -2.32. The number of halogens is 1. The molecule has 0 radical (unpaired) electrons. The molecule has 2 aromatic heterocycles. The van der Waals surface area contributed by atoms with Gasteiger partial charge in [-0.2, -0.15) is 5.10 Å². The molecule has 1 aliphatic rings. The summed E-state index contributed by atoms with van der Waals surface area (Å²) >= 11 is 1.47. The van der Waals surface area contributed by atoms with Crippen molar-refractivity contribution in [3.63, 3.8) is 0 Å². The quantitative estimate of drug-likeness (QED) is 0.638. The van der Waals surface area contributed by atoms with E-state index >= 15 is 0 Å². The minimum absolute atomic E-state index is 0.0226. The predicted molar refractivity (Wildman–Crippen MR) is 118 cm³/mol. The van der Waals surface area contributed by atoms with Gasteiger partial charge in [-0.3, -0.25) is 9.69 Å². The topological polar surface area (TPSA) is 50.2 Å². The van der Waals surface area contributed by atoms with Crippen LogP contribution < -0.4 is 5.32 Å². The van der Waals surface area contributed by atoms with E-state index in [9.17, 15) is 9.18 Å². The Hall–Kier alpha value is -2.51. The number of amides is 1. The van der Waals surface area contributed by atoms with Crippen molar-refractivity contribution in [3.8, 4) is 5.69 Å². The maximum absolute atomic E-state index is 13.3. The van der Waals surface area contributed by atoms with Crippen molar-refractivity contribution in [2.75, 3.05) is 19.6 Å². The van der Waals surface area contributed by atoms with E-state index in [-0.39, 0.29) is 11.7 Å². The first kappa shape index (κ1) is 20.8. The summed E-state index contributed by atoms with van der Waals surface area (Å²) in [6, 6.07) is 10.2. The normalized spacial score (nSPS) is 17.2. The van der Waals surface area contributed by atoms with Crippen LogP contribution in [0.15, 0.2) is 41.8 Å². The van der Waals surface area contributed by atoms with Crippen molar-refractivity contribution in [2.24, 2.45) is 5.92 Å². The number of piperidine rings is 1. The summed E-state index contributed by atoms with van der Waals surface area (Å²) in [4.78, 5) is 15.4. The molecule has 0 bridgehead atoms. The van der Waals surface area contributed by atoms with Crippen LogP contribution in [0, 0.1) is 25.6 Å². The van der Waals surface area contributed by atoms with Crippen LogP contribution in [0.4, 0.5) is 4.39 Å². The predicted octanol–water partition coefficient (Wildman–Crippen LogP) is 4.33. The molecule has 0 unspecified atom stereocenters. The number of aromatic nitrogens is 2. The Morgan fingerprint density at radius 3 is 2.80 bits per heavy atom. The second-order valence-electron chi connectivity index (χ2n) is 7.97. The number of carbonyl (C=O) groups is 1. The average Bonchev–Trinajstić information content (AvgIpc) is 3.38. The van der Waals surface area contributed by atoms with Crippen molar-refractivity contribution in [1.82, 2.24) is 20.0 Å². The molecular weight excluding hydrogens is 399 g/mol. The fraction of sp³-hybridized carbons (Fsp3) is 0.391. The molecule has 30 heavy (non-hydrogen) atoms. The number of hydrogen-bond acceptors (Lipinski definition) is 4. The Labute approximate surface area is 180 Å². The molecule has 0 spiro atoms. The highest BCUT2D eigenvalue weighted by Crippen LogP contribution is 2.23. The zero-order valence-electron chi connectivity index (χ0n) is 17.4. The molecule has 5 nitrogen and oxygen atoms in total. The number of aryl methyl sites for hydroxylation is 1. The van der Waals surface area contributed by atoms with E-state index in [0.717, 1.165) is 54.4 Å². The summed E-state index contributed by atoms with van der Waals surface area (Å²) in [6.45, 7) is 7.67. The summed E-state index contributed by atoms with van der Waals surface area (Å²) in [5.74, 6) is 0.232. The molecule has 1 atom stereocenters. The third-order valence-electron chi connectivity index (χ3n) is 5.79. The number of nitrogens with one attached hydrogen (secondary N) is 1. The second kappa shape index (κ2) is 9.10. The highest BCUT2D eigenvalue weighted by atomic mass is 32.1. The molecule has 1 fully saturated rings. The van der Waals surface area contributed by atoms with Gasteiger partial charge >= 0.3 is 0 Å². The average molecular weight is 427 g/mol. The number of nitrogens with zero attached hydrogens (tertiary/aromatic N) is 3. The second-order valence-corrected chi connectivity index (χ2v) is 8.92. The third-order valence-corrected chi connectivity index (χ3v) is 6.66. The van der Waals surface area contributed by atoms with Gasteiger partial charge in [-0.05, 0) is 74.9 Å². The van der Waals surface area contributed by atoms with E-state index in [1.165, 1.54) is 29.0 Å². The number of rotatable bonds is 6. The zero-order valence-corrected chi connectivity index (χ0v) is 18.2. The molecule has 1 aromatic carbocycles. The van der Waals surface area contributed by atoms with E-state index < -0.39 is 0 Å². The summed E-state index contributed by atoms with van der Waals surface area (Å²) in [5, 5.41) is 9.71. The lowest BCUT2D eigenvalue weighted by molar-refractivity contribution is 0.0934. The van der Waals surface area contributed by atoms with Gasteiger partial charge in [0.2, 0.25) is 0 Å². The van der Waals surface area contributed by atoms with E-state index in [0.29, 0.717) is 12.5 Å². The van der Waals surface area contributed by atoms with Crippen LogP contribution in [-0.2, 0) is 6.54 Å². The first-order chi connectivity index (χ1) is 14.5. The van der Waals surface area contributed by atoms with Crippen molar-refractivity contribution < 1.29 is 9.18 Å². The minimum atomic E-state index is -0.244. The van der Waals surface area contributed by atoms with Crippen molar-refractivity contribution in [2.45, 2.75) is 33.2 Å². The van der Waals surface area contributed by atoms with Gasteiger partial charge in [0.25, 0.3) is 5.91 Å². The zero-order chi connectivity index (χ0) is 21.1. The summed E-state index contributed by atoms with van der Waals surface area (Å²) in [6.07, 6.45) is 2.26. The van der Waals surface area contributed by atoms with Gasteiger partial charge in [-0.25, -0.2) is 9.07 Å². The Bertz CT molecular complexity index is 997. The van der Waals surface area contributed by atoms with E-state index in [1.807, 2.05) is 29.1 Å². The molecule has 158 valence electrons. The van der Waals surface area contributed by atoms with Crippen molar-refractivity contribution >= 4 is 17.2 Å². The van der Waals surface area contributed by atoms with Gasteiger partial charge in [0.05, 0.1) is 16.3 Å². The maximum Gasteiger partial charge on any atom is 0.261 e. The van der Waals surface area contributed by atoms with Crippen LogP contribution in [0.5, 0.6) is 0 Å². The number of likely N-dealkylation sites (tertiary alicyclic amines) is 1. The Kier molecular flexibility index (Phi) is 6.29. The minimum Gasteiger partial charge on any atom is -0.351 e. The molecule has 0 saturated carbocycles. The van der Waals surface area contributed by atoms with Crippen LogP contribution in [0.3, 0.4) is 0 Å². The van der Waals surface area contributed by atoms with Gasteiger partial charge in [-0.15, -0.1) is 11.3 Å². The summed E-state index contributed by atoms with van der Waals surface area (Å²) in [5.41, 5.74) is 4.19. The molecule has 1 N–H and O–H groups in total. The van der Waals surface area contributed by atoms with Gasteiger partial charge in [0, 0.05) is 30.9 Å². The van der Waals surface area contributed by atoms with Gasteiger partial charge in [-0.1, -0.05) is 6.07 Å². The van der Waals surface area contributed by atoms with E-state index in [4.69, 9.17) is 5.10 Å². The molecule has 4 rings (SSSR count). The Balaban J connectivity index is 1.39. The maximum atomic E-state index is 13.3. The van der Waals surface area contributed by atoms with E-state index in [2.05, 4.69) is 17.1 Å². The lowest BCUT2D eigenvalue weighted by Crippen LogP contribution is -2.40. The fourth-order valence-electron chi connectivity index (χ4n) is 4.15. The molecule has 0 aliphatic carbocycles. The molecule has 7 heteroatoms. The lowest BCUT2D eigenvalue weighted by atomic mass is 9.97. The number of thiophene rings is 1. The first-order valence-corrected chi connectivity index (χ1v) is 11.2. The first-order valence-electron chi connectivity index (χ1n) is 10.4. The smallest absolute Gasteiger partial charge is 0.261 e. The molecule has 1 amide bonds. The van der Waals surface area contributed by atoms with Crippen molar-refractivity contribution in [3.05, 3.63) is 69.4 Å². The van der Waals surface area contributed by atoms with Crippen molar-refractivity contribution in [1.29, 1.82) is 0 Å². The van der Waals surface area contributed by atoms with Gasteiger partial charge in [0.1, 0.15) is 5.82 Å². The van der Waals surface area contributed by atoms with Crippen LogP contribution in [0.25, 0.3) is 5.69 Å². The van der Waals surface area contributed by atoms with Crippen LogP contribution in [-0.4, -0.2) is 40.2 Å². The summed E-state index contributed by atoms with van der Waals surface area (Å²) in [7, 11) is 0. The van der Waals surface area contributed by atoms with Crippen LogP contribution >= 0.6 is 11.3 Å². The molecule has 1 saturated heterocycles. The highest BCUT2D eigenvalue weighted by molar-refractivity contribution is 7.12. The van der Waals surface area contributed by atoms with Crippen LogP contribution in [0.2, 0.25) is 0 Å². The van der Waals surface area contributed by atoms with Gasteiger partial charge < -0.3 is 5.32 Å². The highest BCUT2D eigenvalue weighted by Gasteiger charge is 2.23. The largest absolute Gasteiger partial charge is 0.351 e. The Morgan fingerprint density at radius 2 is 2.07 bits per heavy atom.